The summed E-state index contributed by atoms with van der Waals surface area (Å²) in [6.45, 7) is 0.615. The molecule has 112 valence electrons. The zero-order valence-electron chi connectivity index (χ0n) is 12.0. The molecule has 0 fully saturated rings. The van der Waals surface area contributed by atoms with Gasteiger partial charge in [-0.25, -0.2) is 4.98 Å². The number of benzene rings is 1. The molecule has 2 heterocycles. The van der Waals surface area contributed by atoms with Gasteiger partial charge in [0.25, 0.3) is 0 Å². The molecule has 5 heteroatoms. The molecule has 0 spiro atoms. The lowest BCUT2D eigenvalue weighted by Crippen LogP contribution is -2.30. The number of carbonyl (C=O) groups is 1. The molecule has 0 unspecified atom stereocenters. The van der Waals surface area contributed by atoms with Crippen molar-refractivity contribution in [2.45, 2.75) is 19.4 Å². The van der Waals surface area contributed by atoms with Crippen LogP contribution in [0.4, 0.5) is 5.69 Å². The third-order valence-electron chi connectivity index (χ3n) is 3.33. The van der Waals surface area contributed by atoms with E-state index in [9.17, 15) is 4.79 Å². The first-order valence-electron chi connectivity index (χ1n) is 7.08. The molecule has 0 radical (unpaired) electrons. The van der Waals surface area contributed by atoms with Crippen molar-refractivity contribution in [1.82, 2.24) is 4.98 Å². The summed E-state index contributed by atoms with van der Waals surface area (Å²) >= 11 is 3.25. The highest BCUT2D eigenvalue weighted by atomic mass is 32.1. The van der Waals surface area contributed by atoms with Gasteiger partial charge in [0, 0.05) is 30.1 Å². The summed E-state index contributed by atoms with van der Waals surface area (Å²) in [4.78, 5) is 18.8. The van der Waals surface area contributed by atoms with Crippen LogP contribution in [0.2, 0.25) is 0 Å². The second kappa shape index (κ2) is 7.33. The number of aromatic nitrogens is 1. The fourth-order valence-electron chi connectivity index (χ4n) is 2.22. The summed E-state index contributed by atoms with van der Waals surface area (Å²) in [6.07, 6.45) is 2.96. The first kappa shape index (κ1) is 14.9. The molecule has 22 heavy (non-hydrogen) atoms. The molecule has 2 aromatic heterocycles. The SMILES string of the molecule is O=C(CCc1nccs1)N(Cc1ccsc1)c1ccccc1. The summed E-state index contributed by atoms with van der Waals surface area (Å²) < 4.78 is 0. The Kier molecular flexibility index (Phi) is 4.98. The Hall–Kier alpha value is -1.98. The highest BCUT2D eigenvalue weighted by Crippen LogP contribution is 2.20. The average molecular weight is 328 g/mol. The maximum atomic E-state index is 12.7. The van der Waals surface area contributed by atoms with Gasteiger partial charge in [-0.1, -0.05) is 18.2 Å². The number of hydrogen-bond acceptors (Lipinski definition) is 4. The fourth-order valence-corrected chi connectivity index (χ4v) is 3.50. The van der Waals surface area contributed by atoms with Crippen molar-refractivity contribution in [3.8, 4) is 0 Å². The van der Waals surface area contributed by atoms with Crippen LogP contribution in [0.25, 0.3) is 0 Å². The quantitative estimate of drug-likeness (QED) is 0.673. The molecule has 3 nitrogen and oxygen atoms in total. The van der Waals surface area contributed by atoms with Gasteiger partial charge in [-0.15, -0.1) is 11.3 Å². The van der Waals surface area contributed by atoms with Crippen LogP contribution in [0.15, 0.2) is 58.7 Å². The topological polar surface area (TPSA) is 33.2 Å². The van der Waals surface area contributed by atoms with E-state index in [0.717, 1.165) is 16.3 Å². The second-order valence-corrected chi connectivity index (χ2v) is 6.63. The van der Waals surface area contributed by atoms with E-state index < -0.39 is 0 Å². The first-order valence-corrected chi connectivity index (χ1v) is 8.90. The molecule has 3 rings (SSSR count). The molecule has 0 atom stereocenters. The second-order valence-electron chi connectivity index (χ2n) is 4.87. The van der Waals surface area contributed by atoms with E-state index in [1.165, 1.54) is 0 Å². The third-order valence-corrected chi connectivity index (χ3v) is 4.90. The van der Waals surface area contributed by atoms with Crippen LogP contribution in [0.5, 0.6) is 0 Å². The van der Waals surface area contributed by atoms with E-state index in [4.69, 9.17) is 0 Å². The van der Waals surface area contributed by atoms with Gasteiger partial charge >= 0.3 is 0 Å². The van der Waals surface area contributed by atoms with Gasteiger partial charge in [0.1, 0.15) is 0 Å². The molecule has 1 aromatic carbocycles. The van der Waals surface area contributed by atoms with Gasteiger partial charge in [0.15, 0.2) is 0 Å². The Morgan fingerprint density at radius 1 is 1.14 bits per heavy atom. The number of amides is 1. The number of hydrogen-bond donors (Lipinski definition) is 0. The van der Waals surface area contributed by atoms with Crippen molar-refractivity contribution >= 4 is 34.3 Å². The van der Waals surface area contributed by atoms with Crippen molar-refractivity contribution in [2.75, 3.05) is 4.90 Å². The number of anilines is 1. The van der Waals surface area contributed by atoms with Gasteiger partial charge in [-0.05, 0) is 34.5 Å². The summed E-state index contributed by atoms with van der Waals surface area (Å²) in [5.41, 5.74) is 2.11. The smallest absolute Gasteiger partial charge is 0.227 e. The van der Waals surface area contributed by atoms with Crippen LogP contribution in [0.3, 0.4) is 0 Å². The van der Waals surface area contributed by atoms with E-state index in [-0.39, 0.29) is 5.91 Å². The first-order chi connectivity index (χ1) is 10.8. The summed E-state index contributed by atoms with van der Waals surface area (Å²) in [7, 11) is 0. The third kappa shape index (κ3) is 3.81. The lowest BCUT2D eigenvalue weighted by molar-refractivity contribution is -0.118. The minimum absolute atomic E-state index is 0.132. The maximum absolute atomic E-state index is 12.7. The Morgan fingerprint density at radius 3 is 2.68 bits per heavy atom. The molecule has 0 aliphatic heterocycles. The lowest BCUT2D eigenvalue weighted by atomic mass is 10.2. The predicted octanol–water partition coefficient (Wildman–Crippen LogP) is 4.37. The molecular formula is C17H16N2OS2. The number of aryl methyl sites for hydroxylation is 1. The highest BCUT2D eigenvalue weighted by molar-refractivity contribution is 7.09. The van der Waals surface area contributed by atoms with Gasteiger partial charge in [-0.2, -0.15) is 11.3 Å². The molecule has 0 saturated heterocycles. The van der Waals surface area contributed by atoms with Crippen LogP contribution >= 0.6 is 22.7 Å². The molecule has 0 N–H and O–H groups in total. The van der Waals surface area contributed by atoms with Crippen LogP contribution in [0, 0.1) is 0 Å². The Bertz CT molecular complexity index is 694. The Labute approximate surface area is 137 Å². The molecule has 0 saturated carbocycles. The van der Waals surface area contributed by atoms with Crippen LogP contribution in [0.1, 0.15) is 17.0 Å². The molecule has 0 aliphatic rings. The molecular weight excluding hydrogens is 312 g/mol. The molecule has 1 amide bonds. The summed E-state index contributed by atoms with van der Waals surface area (Å²) in [6, 6.07) is 11.9. The van der Waals surface area contributed by atoms with Crippen LogP contribution in [-0.4, -0.2) is 10.9 Å². The zero-order valence-corrected chi connectivity index (χ0v) is 13.6. The lowest BCUT2D eigenvalue weighted by Gasteiger charge is -2.22. The number of thiophene rings is 1. The number of rotatable bonds is 6. The maximum Gasteiger partial charge on any atom is 0.227 e. The van der Waals surface area contributed by atoms with Gasteiger partial charge in [0.05, 0.1) is 11.6 Å². The van der Waals surface area contributed by atoms with E-state index in [2.05, 4.69) is 16.4 Å². The van der Waals surface area contributed by atoms with Crippen LogP contribution < -0.4 is 4.90 Å². The number of thiazole rings is 1. The van der Waals surface area contributed by atoms with Gasteiger partial charge in [0.2, 0.25) is 5.91 Å². The molecule has 0 bridgehead atoms. The normalized spacial score (nSPS) is 10.5. The minimum atomic E-state index is 0.132. The van der Waals surface area contributed by atoms with E-state index in [1.807, 2.05) is 46.0 Å². The predicted molar refractivity (Wildman–Crippen MR) is 92.4 cm³/mol. The van der Waals surface area contributed by atoms with Gasteiger partial charge < -0.3 is 4.90 Å². The van der Waals surface area contributed by atoms with E-state index in [1.54, 1.807) is 28.9 Å². The number of carbonyl (C=O) groups excluding carboxylic acids is 1. The van der Waals surface area contributed by atoms with Crippen LogP contribution in [-0.2, 0) is 17.8 Å². The fraction of sp³-hybridized carbons (Fsp3) is 0.176. The number of nitrogens with zero attached hydrogens (tertiary/aromatic N) is 2. The van der Waals surface area contributed by atoms with Crippen molar-refractivity contribution in [1.29, 1.82) is 0 Å². The number of para-hydroxylation sites is 1. The monoisotopic (exact) mass is 328 g/mol. The standard InChI is InChI=1S/C17H16N2OS2/c20-17(7-6-16-18-9-11-22-16)19(12-14-8-10-21-13-14)15-4-2-1-3-5-15/h1-5,8-11,13H,6-7,12H2. The van der Waals surface area contributed by atoms with E-state index in [0.29, 0.717) is 19.4 Å². The average Bonchev–Trinajstić information content (AvgIpc) is 3.24. The minimum Gasteiger partial charge on any atom is -0.308 e. The van der Waals surface area contributed by atoms with Crippen molar-refractivity contribution in [3.63, 3.8) is 0 Å². The largest absolute Gasteiger partial charge is 0.308 e. The van der Waals surface area contributed by atoms with Crippen molar-refractivity contribution < 1.29 is 4.79 Å². The summed E-state index contributed by atoms with van der Waals surface area (Å²) in [5.74, 6) is 0.132. The Morgan fingerprint density at radius 2 is 2.00 bits per heavy atom. The van der Waals surface area contributed by atoms with E-state index >= 15 is 0 Å². The Balaban J connectivity index is 1.74. The van der Waals surface area contributed by atoms with Crippen molar-refractivity contribution in [3.05, 3.63) is 69.3 Å². The molecule has 3 aromatic rings. The van der Waals surface area contributed by atoms with Crippen molar-refractivity contribution in [2.24, 2.45) is 0 Å². The summed E-state index contributed by atoms with van der Waals surface area (Å²) in [5, 5.41) is 7.08. The highest BCUT2D eigenvalue weighted by Gasteiger charge is 2.16. The molecule has 0 aliphatic carbocycles. The van der Waals surface area contributed by atoms with Gasteiger partial charge in [-0.3, -0.25) is 4.79 Å². The zero-order chi connectivity index (χ0) is 15.2.